The summed E-state index contributed by atoms with van der Waals surface area (Å²) < 4.78 is 38.7. The summed E-state index contributed by atoms with van der Waals surface area (Å²) in [5.41, 5.74) is 7.28. The summed E-state index contributed by atoms with van der Waals surface area (Å²) in [7, 11) is 0. The Morgan fingerprint density at radius 1 is 1.10 bits per heavy atom. The lowest BCUT2D eigenvalue weighted by Crippen LogP contribution is -2.27. The Bertz CT molecular complexity index is 1130. The minimum absolute atomic E-state index is 0.207. The van der Waals surface area contributed by atoms with E-state index in [9.17, 15) is 13.6 Å². The highest BCUT2D eigenvalue weighted by molar-refractivity contribution is 5.68. The molecular formula is C20H18F2N4O3. The Balaban J connectivity index is 1.56. The molecule has 2 N–H and O–H groups in total. The number of nitrogens with zero attached hydrogens (tertiary/aromatic N) is 3. The highest BCUT2D eigenvalue weighted by atomic mass is 19.3. The molecule has 150 valence electrons. The van der Waals surface area contributed by atoms with E-state index in [1.54, 1.807) is 0 Å². The van der Waals surface area contributed by atoms with Crippen molar-refractivity contribution in [3.8, 4) is 22.6 Å². The van der Waals surface area contributed by atoms with Gasteiger partial charge in [0.2, 0.25) is 6.79 Å². The fraction of sp³-hybridized carbons (Fsp3) is 0.200. The second-order valence-corrected chi connectivity index (χ2v) is 6.54. The molecule has 0 saturated carbocycles. The van der Waals surface area contributed by atoms with Crippen LogP contribution < -0.4 is 20.9 Å². The highest BCUT2D eigenvalue weighted by Crippen LogP contribution is 2.36. The van der Waals surface area contributed by atoms with Crippen molar-refractivity contribution in [3.63, 3.8) is 0 Å². The van der Waals surface area contributed by atoms with Crippen LogP contribution in [0.15, 0.2) is 65.2 Å². The fourth-order valence-electron chi connectivity index (χ4n) is 3.09. The van der Waals surface area contributed by atoms with Gasteiger partial charge in [0.25, 0.3) is 6.08 Å². The van der Waals surface area contributed by atoms with Gasteiger partial charge in [-0.05, 0) is 34.9 Å². The normalized spacial score (nSPS) is 12.2. The van der Waals surface area contributed by atoms with E-state index in [-0.39, 0.29) is 32.0 Å². The summed E-state index contributed by atoms with van der Waals surface area (Å²) in [5, 5.41) is 3.92. The molecule has 0 amide bonds. The molecule has 9 heteroatoms. The first-order chi connectivity index (χ1) is 14.0. The predicted octanol–water partition coefficient (Wildman–Crippen LogP) is 2.60. The number of halogens is 2. The van der Waals surface area contributed by atoms with Crippen molar-refractivity contribution in [3.05, 3.63) is 76.5 Å². The number of ether oxygens (including phenoxy) is 2. The van der Waals surface area contributed by atoms with E-state index in [1.165, 1.54) is 10.9 Å². The Labute approximate surface area is 164 Å². The van der Waals surface area contributed by atoms with Gasteiger partial charge < -0.3 is 15.2 Å². The van der Waals surface area contributed by atoms with Gasteiger partial charge in [-0.25, -0.2) is 9.48 Å². The van der Waals surface area contributed by atoms with Crippen LogP contribution in [0.5, 0.6) is 11.5 Å². The van der Waals surface area contributed by atoms with Gasteiger partial charge in [0.15, 0.2) is 11.5 Å². The second kappa shape index (κ2) is 7.88. The maximum atomic E-state index is 12.8. The second-order valence-electron chi connectivity index (χ2n) is 6.54. The Kier molecular flexibility index (Phi) is 5.13. The van der Waals surface area contributed by atoms with Crippen LogP contribution in [-0.2, 0) is 13.1 Å². The molecule has 7 nitrogen and oxygen atoms in total. The Morgan fingerprint density at radius 3 is 2.69 bits per heavy atom. The van der Waals surface area contributed by atoms with Crippen molar-refractivity contribution >= 4 is 0 Å². The number of nitrogens with two attached hydrogens (primary N) is 1. The van der Waals surface area contributed by atoms with Crippen LogP contribution in [-0.4, -0.2) is 27.7 Å². The van der Waals surface area contributed by atoms with Gasteiger partial charge in [-0.1, -0.05) is 24.3 Å². The number of benzene rings is 2. The molecule has 0 radical (unpaired) electrons. The molecule has 0 bridgehead atoms. The van der Waals surface area contributed by atoms with Crippen LogP contribution in [0.3, 0.4) is 0 Å². The zero-order valence-corrected chi connectivity index (χ0v) is 15.3. The summed E-state index contributed by atoms with van der Waals surface area (Å²) in [6.45, 7) is -0.197. The molecule has 3 aromatic rings. The van der Waals surface area contributed by atoms with E-state index < -0.39 is 11.8 Å². The maximum absolute atomic E-state index is 12.8. The van der Waals surface area contributed by atoms with Gasteiger partial charge in [-0.15, -0.1) is 0 Å². The topological polar surface area (TPSA) is 84.3 Å². The molecule has 4 rings (SSSR count). The molecule has 2 aromatic carbocycles. The van der Waals surface area contributed by atoms with Gasteiger partial charge in [0, 0.05) is 12.1 Å². The molecule has 1 aromatic heterocycles. The average Bonchev–Trinajstić information content (AvgIpc) is 3.33. The Morgan fingerprint density at radius 2 is 1.90 bits per heavy atom. The Hall–Kier alpha value is -3.46. The fourth-order valence-corrected chi connectivity index (χ4v) is 3.09. The van der Waals surface area contributed by atoms with E-state index >= 15 is 0 Å². The zero-order chi connectivity index (χ0) is 20.4. The molecule has 2 heterocycles. The summed E-state index contributed by atoms with van der Waals surface area (Å²) in [6.07, 6.45) is -0.551. The minimum Gasteiger partial charge on any atom is -0.454 e. The van der Waals surface area contributed by atoms with Crippen molar-refractivity contribution in [1.29, 1.82) is 0 Å². The van der Waals surface area contributed by atoms with Crippen LogP contribution in [0.1, 0.15) is 5.56 Å². The van der Waals surface area contributed by atoms with Crippen molar-refractivity contribution < 1.29 is 18.3 Å². The highest BCUT2D eigenvalue weighted by Gasteiger charge is 2.14. The van der Waals surface area contributed by atoms with Crippen LogP contribution in [0, 0.1) is 0 Å². The number of fused-ring (bicyclic) bond motifs is 1. The van der Waals surface area contributed by atoms with E-state index in [0.29, 0.717) is 11.5 Å². The standard InChI is InChI=1S/C20H18F2N4O3/c21-19(22)16(8-23)10-26-20(27)25(11-24-26)9-13-2-1-3-14(6-13)15-4-5-17-18(7-15)29-12-28-17/h1-7,11H,8-10,12,23H2. The smallest absolute Gasteiger partial charge is 0.346 e. The summed E-state index contributed by atoms with van der Waals surface area (Å²) in [6, 6.07) is 13.4. The van der Waals surface area contributed by atoms with Crippen molar-refractivity contribution in [2.75, 3.05) is 13.3 Å². The maximum Gasteiger partial charge on any atom is 0.346 e. The molecule has 0 atom stereocenters. The first-order valence-electron chi connectivity index (χ1n) is 8.89. The monoisotopic (exact) mass is 400 g/mol. The van der Waals surface area contributed by atoms with Crippen LogP contribution in [0.25, 0.3) is 11.1 Å². The quantitative estimate of drug-likeness (QED) is 0.688. The van der Waals surface area contributed by atoms with Gasteiger partial charge in [-0.2, -0.15) is 13.9 Å². The number of hydrogen-bond acceptors (Lipinski definition) is 5. The third kappa shape index (κ3) is 3.90. The molecule has 0 spiro atoms. The first-order valence-corrected chi connectivity index (χ1v) is 8.89. The van der Waals surface area contributed by atoms with Gasteiger partial charge in [-0.3, -0.25) is 4.57 Å². The lowest BCUT2D eigenvalue weighted by molar-refractivity contribution is 0.174. The predicted molar refractivity (Wildman–Crippen MR) is 102 cm³/mol. The average molecular weight is 400 g/mol. The van der Waals surface area contributed by atoms with E-state index in [1.807, 2.05) is 42.5 Å². The molecule has 29 heavy (non-hydrogen) atoms. The number of aromatic nitrogens is 3. The molecule has 1 aliphatic rings. The van der Waals surface area contributed by atoms with Gasteiger partial charge >= 0.3 is 5.69 Å². The van der Waals surface area contributed by atoms with Crippen LogP contribution in [0.4, 0.5) is 8.78 Å². The lowest BCUT2D eigenvalue weighted by atomic mass is 10.0. The molecule has 0 aliphatic carbocycles. The third-order valence-electron chi connectivity index (χ3n) is 4.64. The molecule has 0 unspecified atom stereocenters. The molecule has 0 saturated heterocycles. The van der Waals surface area contributed by atoms with E-state index in [2.05, 4.69) is 5.10 Å². The van der Waals surface area contributed by atoms with E-state index in [4.69, 9.17) is 15.2 Å². The van der Waals surface area contributed by atoms with Crippen molar-refractivity contribution in [2.24, 2.45) is 5.73 Å². The molecule has 0 fully saturated rings. The van der Waals surface area contributed by atoms with Crippen molar-refractivity contribution in [2.45, 2.75) is 13.1 Å². The minimum atomic E-state index is -1.88. The van der Waals surface area contributed by atoms with Crippen LogP contribution in [0.2, 0.25) is 0 Å². The summed E-state index contributed by atoms with van der Waals surface area (Å²) >= 11 is 0. The number of rotatable bonds is 6. The largest absolute Gasteiger partial charge is 0.454 e. The number of hydrogen-bond donors (Lipinski definition) is 1. The van der Waals surface area contributed by atoms with Gasteiger partial charge in [0.05, 0.1) is 13.1 Å². The molecular weight excluding hydrogens is 382 g/mol. The first kappa shape index (κ1) is 18.9. The van der Waals surface area contributed by atoms with Crippen LogP contribution >= 0.6 is 0 Å². The van der Waals surface area contributed by atoms with Crippen molar-refractivity contribution in [1.82, 2.24) is 14.3 Å². The third-order valence-corrected chi connectivity index (χ3v) is 4.64. The SMILES string of the molecule is NCC(Cn1ncn(Cc2cccc(-c3ccc4c(c3)OCO4)c2)c1=O)=C(F)F. The molecule has 1 aliphatic heterocycles. The summed E-state index contributed by atoms with van der Waals surface area (Å²) in [5.74, 6) is 1.40. The zero-order valence-electron chi connectivity index (χ0n) is 15.3. The van der Waals surface area contributed by atoms with Gasteiger partial charge in [0.1, 0.15) is 6.33 Å². The van der Waals surface area contributed by atoms with E-state index in [0.717, 1.165) is 21.4 Å². The lowest BCUT2D eigenvalue weighted by Gasteiger charge is -2.07. The summed E-state index contributed by atoms with van der Waals surface area (Å²) in [4.78, 5) is 12.5.